The monoisotopic (exact) mass is 310 g/mol. The predicted molar refractivity (Wildman–Crippen MR) is 78.0 cm³/mol. The summed E-state index contributed by atoms with van der Waals surface area (Å²) in [5, 5.41) is 0.850. The summed E-state index contributed by atoms with van der Waals surface area (Å²) < 4.78 is 5.60. The molecule has 0 amide bonds. The maximum Gasteiger partial charge on any atom is 0.233 e. The molecular formula is C14H12Cl2N2O2. The van der Waals surface area contributed by atoms with Gasteiger partial charge in [0.15, 0.2) is 6.29 Å². The van der Waals surface area contributed by atoms with Crippen molar-refractivity contribution in [1.29, 1.82) is 0 Å². The summed E-state index contributed by atoms with van der Waals surface area (Å²) in [5.74, 6) is 1.28. The Morgan fingerprint density at radius 2 is 2.05 bits per heavy atom. The van der Waals surface area contributed by atoms with E-state index in [1.165, 1.54) is 6.20 Å². The Labute approximate surface area is 126 Å². The molecule has 0 atom stereocenters. The highest BCUT2D eigenvalue weighted by atomic mass is 35.5. The van der Waals surface area contributed by atoms with Crippen molar-refractivity contribution in [3.05, 3.63) is 45.8 Å². The van der Waals surface area contributed by atoms with Crippen LogP contribution in [0.3, 0.4) is 0 Å². The van der Waals surface area contributed by atoms with Crippen LogP contribution in [0.5, 0.6) is 11.6 Å². The van der Waals surface area contributed by atoms with Crippen LogP contribution in [0.2, 0.25) is 10.0 Å². The molecule has 0 radical (unpaired) electrons. The van der Waals surface area contributed by atoms with Gasteiger partial charge in [0.05, 0.1) is 10.6 Å². The van der Waals surface area contributed by atoms with Crippen LogP contribution in [0.1, 0.15) is 35.9 Å². The van der Waals surface area contributed by atoms with Gasteiger partial charge in [0.2, 0.25) is 5.88 Å². The molecule has 1 aromatic carbocycles. The number of ether oxygens (including phenoxy) is 1. The van der Waals surface area contributed by atoms with Gasteiger partial charge in [-0.1, -0.05) is 37.0 Å². The second kappa shape index (κ2) is 6.20. The molecule has 2 rings (SSSR count). The molecule has 0 N–H and O–H groups in total. The average molecular weight is 311 g/mol. The summed E-state index contributed by atoms with van der Waals surface area (Å²) in [5.41, 5.74) is 0.264. The van der Waals surface area contributed by atoms with E-state index in [4.69, 9.17) is 27.9 Å². The fourth-order valence-corrected chi connectivity index (χ4v) is 1.94. The van der Waals surface area contributed by atoms with Crippen molar-refractivity contribution in [2.24, 2.45) is 0 Å². The van der Waals surface area contributed by atoms with Gasteiger partial charge in [-0.2, -0.15) is 4.98 Å². The van der Waals surface area contributed by atoms with Crippen molar-refractivity contribution >= 4 is 29.5 Å². The fraction of sp³-hybridized carbons (Fsp3) is 0.214. The van der Waals surface area contributed by atoms with Crippen molar-refractivity contribution in [3.63, 3.8) is 0 Å². The number of halogens is 2. The molecule has 6 heteroatoms. The average Bonchev–Trinajstić information content (AvgIpc) is 2.41. The quantitative estimate of drug-likeness (QED) is 0.779. The Hall–Kier alpha value is -1.65. The molecule has 0 bridgehead atoms. The molecule has 0 fully saturated rings. The van der Waals surface area contributed by atoms with Gasteiger partial charge in [-0.3, -0.25) is 4.79 Å². The Morgan fingerprint density at radius 3 is 2.65 bits per heavy atom. The molecule has 0 aliphatic carbocycles. The summed E-state index contributed by atoms with van der Waals surface area (Å²) in [6.07, 6.45) is 2.08. The first-order chi connectivity index (χ1) is 9.51. The van der Waals surface area contributed by atoms with Gasteiger partial charge in [-0.15, -0.1) is 0 Å². The molecule has 0 aliphatic rings. The Morgan fingerprint density at radius 1 is 1.30 bits per heavy atom. The number of carbonyl (C=O) groups excluding carboxylic acids is 1. The summed E-state index contributed by atoms with van der Waals surface area (Å²) in [4.78, 5) is 19.4. The number of hydrogen-bond donors (Lipinski definition) is 0. The van der Waals surface area contributed by atoms with Crippen molar-refractivity contribution < 1.29 is 9.53 Å². The standard InChI is InChI=1S/C14H12Cl2N2O2/c1-8(2)13-17-6-9(7-19)14(18-13)20-12-4-3-10(15)5-11(12)16/h3-8H,1-2H3. The lowest BCUT2D eigenvalue weighted by atomic mass is 10.2. The number of aldehydes is 1. The fourth-order valence-electron chi connectivity index (χ4n) is 1.49. The van der Waals surface area contributed by atoms with Crippen LogP contribution in [0.25, 0.3) is 0 Å². The maximum atomic E-state index is 11.0. The Bertz CT molecular complexity index is 645. The molecule has 0 unspecified atom stereocenters. The first kappa shape index (κ1) is 14.8. The van der Waals surface area contributed by atoms with Crippen LogP contribution in [-0.2, 0) is 0 Å². The van der Waals surface area contributed by atoms with Crippen molar-refractivity contribution in [2.75, 3.05) is 0 Å². The topological polar surface area (TPSA) is 52.1 Å². The van der Waals surface area contributed by atoms with E-state index in [0.29, 0.717) is 27.9 Å². The highest BCUT2D eigenvalue weighted by Crippen LogP contribution is 2.32. The third-order valence-electron chi connectivity index (χ3n) is 2.54. The zero-order valence-corrected chi connectivity index (χ0v) is 12.4. The lowest BCUT2D eigenvalue weighted by Gasteiger charge is -2.11. The van der Waals surface area contributed by atoms with E-state index in [-0.39, 0.29) is 17.4 Å². The molecule has 1 aromatic heterocycles. The van der Waals surface area contributed by atoms with E-state index in [2.05, 4.69) is 9.97 Å². The Balaban J connectivity index is 2.40. The molecule has 2 aromatic rings. The van der Waals surface area contributed by atoms with E-state index in [1.807, 2.05) is 13.8 Å². The minimum absolute atomic E-state index is 0.124. The van der Waals surface area contributed by atoms with Crippen molar-refractivity contribution in [2.45, 2.75) is 19.8 Å². The number of aromatic nitrogens is 2. The highest BCUT2D eigenvalue weighted by molar-refractivity contribution is 6.35. The molecular weight excluding hydrogens is 299 g/mol. The van der Waals surface area contributed by atoms with Gasteiger partial charge >= 0.3 is 0 Å². The zero-order valence-electron chi connectivity index (χ0n) is 10.9. The number of hydrogen-bond acceptors (Lipinski definition) is 4. The Kier molecular flexibility index (Phi) is 4.57. The minimum Gasteiger partial charge on any atom is -0.437 e. The van der Waals surface area contributed by atoms with Crippen LogP contribution in [0, 0.1) is 0 Å². The lowest BCUT2D eigenvalue weighted by Crippen LogP contribution is -2.02. The van der Waals surface area contributed by atoms with Gasteiger partial charge in [-0.25, -0.2) is 4.98 Å². The SMILES string of the molecule is CC(C)c1ncc(C=O)c(Oc2ccc(Cl)cc2Cl)n1. The van der Waals surface area contributed by atoms with Crippen molar-refractivity contribution in [3.8, 4) is 11.6 Å². The molecule has 1 heterocycles. The zero-order chi connectivity index (χ0) is 14.7. The molecule has 20 heavy (non-hydrogen) atoms. The summed E-state index contributed by atoms with van der Waals surface area (Å²) in [7, 11) is 0. The van der Waals surface area contributed by atoms with Crippen LogP contribution >= 0.6 is 23.2 Å². The predicted octanol–water partition coefficient (Wildman–Crippen LogP) is 4.51. The molecule has 104 valence electrons. The molecule has 0 aliphatic heterocycles. The number of carbonyl (C=O) groups is 1. The number of rotatable bonds is 4. The third-order valence-corrected chi connectivity index (χ3v) is 3.07. The van der Waals surface area contributed by atoms with Crippen LogP contribution in [-0.4, -0.2) is 16.3 Å². The molecule has 0 saturated carbocycles. The first-order valence-electron chi connectivity index (χ1n) is 5.96. The summed E-state index contributed by atoms with van der Waals surface area (Å²) in [6.45, 7) is 3.91. The van der Waals surface area contributed by atoms with Gasteiger partial charge in [0.25, 0.3) is 0 Å². The van der Waals surface area contributed by atoms with E-state index < -0.39 is 0 Å². The van der Waals surface area contributed by atoms with E-state index in [9.17, 15) is 4.79 Å². The van der Waals surface area contributed by atoms with Crippen molar-refractivity contribution in [1.82, 2.24) is 9.97 Å². The molecule has 4 nitrogen and oxygen atoms in total. The maximum absolute atomic E-state index is 11.0. The van der Waals surface area contributed by atoms with Crippen LogP contribution in [0.4, 0.5) is 0 Å². The second-order valence-electron chi connectivity index (χ2n) is 4.44. The largest absolute Gasteiger partial charge is 0.437 e. The summed E-state index contributed by atoms with van der Waals surface area (Å²) >= 11 is 11.9. The molecule has 0 saturated heterocycles. The lowest BCUT2D eigenvalue weighted by molar-refractivity contribution is 0.112. The van der Waals surface area contributed by atoms with E-state index >= 15 is 0 Å². The van der Waals surface area contributed by atoms with Gasteiger partial charge in [0.1, 0.15) is 11.6 Å². The van der Waals surface area contributed by atoms with E-state index in [1.54, 1.807) is 18.2 Å². The number of nitrogens with zero attached hydrogens (tertiary/aromatic N) is 2. The third kappa shape index (κ3) is 3.26. The highest BCUT2D eigenvalue weighted by Gasteiger charge is 2.13. The van der Waals surface area contributed by atoms with Gasteiger partial charge < -0.3 is 4.74 Å². The van der Waals surface area contributed by atoms with Gasteiger partial charge in [-0.05, 0) is 18.2 Å². The van der Waals surface area contributed by atoms with Crippen LogP contribution in [0.15, 0.2) is 24.4 Å². The minimum atomic E-state index is 0.124. The second-order valence-corrected chi connectivity index (χ2v) is 5.28. The van der Waals surface area contributed by atoms with E-state index in [0.717, 1.165) is 0 Å². The smallest absolute Gasteiger partial charge is 0.233 e. The first-order valence-corrected chi connectivity index (χ1v) is 6.72. The molecule has 0 spiro atoms. The van der Waals surface area contributed by atoms with Crippen LogP contribution < -0.4 is 4.74 Å². The normalized spacial score (nSPS) is 10.7. The summed E-state index contributed by atoms with van der Waals surface area (Å²) in [6, 6.07) is 4.83. The van der Waals surface area contributed by atoms with Gasteiger partial charge in [0, 0.05) is 17.1 Å². The number of benzene rings is 1.